The first kappa shape index (κ1) is 15.1. The van der Waals surface area contributed by atoms with Crippen LogP contribution in [0.1, 0.15) is 24.8 Å². The van der Waals surface area contributed by atoms with E-state index in [0.717, 1.165) is 18.4 Å². The highest BCUT2D eigenvalue weighted by molar-refractivity contribution is 5.76. The van der Waals surface area contributed by atoms with E-state index in [0.29, 0.717) is 12.4 Å². The number of aliphatic carboxylic acids is 1. The molecule has 2 rings (SSSR count). The molecule has 1 saturated carbocycles. The third kappa shape index (κ3) is 4.62. The van der Waals surface area contributed by atoms with Crippen LogP contribution in [0.3, 0.4) is 0 Å². The molecule has 0 spiro atoms. The van der Waals surface area contributed by atoms with E-state index in [9.17, 15) is 9.59 Å². The molecule has 7 nitrogen and oxygen atoms in total. The molecule has 0 saturated heterocycles. The van der Waals surface area contributed by atoms with Crippen molar-refractivity contribution in [2.75, 3.05) is 13.7 Å². The number of carboxylic acids is 1. The third-order valence-corrected chi connectivity index (χ3v) is 3.27. The highest BCUT2D eigenvalue weighted by atomic mass is 16.5. The number of hydrogen-bond acceptors (Lipinski definition) is 4. The number of carboxylic acid groups (broad SMARTS) is 1. The van der Waals surface area contributed by atoms with Gasteiger partial charge in [0.25, 0.3) is 0 Å². The fourth-order valence-electron chi connectivity index (χ4n) is 2.00. The summed E-state index contributed by atoms with van der Waals surface area (Å²) in [7, 11) is 1.53. The van der Waals surface area contributed by atoms with Crippen molar-refractivity contribution in [1.82, 2.24) is 15.2 Å². The highest BCUT2D eigenvalue weighted by Gasteiger charge is 2.32. The number of amides is 2. The first-order chi connectivity index (χ1) is 10.1. The topological polar surface area (TPSA) is 91.8 Å². The third-order valence-electron chi connectivity index (χ3n) is 3.27. The lowest BCUT2D eigenvalue weighted by atomic mass is 10.2. The molecule has 1 fully saturated rings. The summed E-state index contributed by atoms with van der Waals surface area (Å²) in [6.07, 6.45) is 3.46. The maximum atomic E-state index is 12.1. The SMILES string of the molecule is COc1cc(CNC(=O)N(CCC(=O)O)C2CC2)ccn1. The number of rotatable bonds is 7. The summed E-state index contributed by atoms with van der Waals surface area (Å²) in [5.41, 5.74) is 0.879. The quantitative estimate of drug-likeness (QED) is 0.789. The summed E-state index contributed by atoms with van der Waals surface area (Å²) in [4.78, 5) is 28.4. The largest absolute Gasteiger partial charge is 0.481 e. The molecule has 21 heavy (non-hydrogen) atoms. The van der Waals surface area contributed by atoms with Crippen molar-refractivity contribution in [2.45, 2.75) is 31.8 Å². The zero-order chi connectivity index (χ0) is 15.2. The molecule has 0 aromatic carbocycles. The first-order valence-electron chi connectivity index (χ1n) is 6.85. The maximum Gasteiger partial charge on any atom is 0.317 e. The Balaban J connectivity index is 1.87. The van der Waals surface area contributed by atoms with E-state index >= 15 is 0 Å². The molecule has 1 aromatic rings. The van der Waals surface area contributed by atoms with Gasteiger partial charge >= 0.3 is 12.0 Å². The van der Waals surface area contributed by atoms with E-state index < -0.39 is 5.97 Å². The summed E-state index contributed by atoms with van der Waals surface area (Å²) in [5.74, 6) is -0.404. The van der Waals surface area contributed by atoms with Crippen LogP contribution in [0.25, 0.3) is 0 Å². The molecule has 0 aliphatic heterocycles. The fourth-order valence-corrected chi connectivity index (χ4v) is 2.00. The number of carbonyl (C=O) groups excluding carboxylic acids is 1. The van der Waals surface area contributed by atoms with Gasteiger partial charge in [-0.1, -0.05) is 0 Å². The molecule has 0 radical (unpaired) electrons. The molecule has 114 valence electrons. The zero-order valence-electron chi connectivity index (χ0n) is 11.9. The van der Waals surface area contributed by atoms with Gasteiger partial charge in [0, 0.05) is 31.4 Å². The Morgan fingerprint density at radius 2 is 2.29 bits per heavy atom. The minimum Gasteiger partial charge on any atom is -0.481 e. The average molecular weight is 293 g/mol. The number of aromatic nitrogens is 1. The monoisotopic (exact) mass is 293 g/mol. The fraction of sp³-hybridized carbons (Fsp3) is 0.500. The van der Waals surface area contributed by atoms with Crippen LogP contribution < -0.4 is 10.1 Å². The Morgan fingerprint density at radius 1 is 1.52 bits per heavy atom. The Labute approximate surface area is 122 Å². The molecule has 1 aliphatic rings. The summed E-state index contributed by atoms with van der Waals surface area (Å²) in [5, 5.41) is 11.5. The molecule has 7 heteroatoms. The molecule has 1 aliphatic carbocycles. The van der Waals surface area contributed by atoms with Gasteiger partial charge in [-0.25, -0.2) is 9.78 Å². The van der Waals surface area contributed by atoms with E-state index in [1.807, 2.05) is 0 Å². The van der Waals surface area contributed by atoms with Gasteiger partial charge in [0.15, 0.2) is 0 Å². The van der Waals surface area contributed by atoms with E-state index in [1.54, 1.807) is 23.2 Å². The molecule has 0 unspecified atom stereocenters. The Hall–Kier alpha value is -2.31. The molecular weight excluding hydrogens is 274 g/mol. The lowest BCUT2D eigenvalue weighted by molar-refractivity contribution is -0.137. The molecule has 0 bridgehead atoms. The van der Waals surface area contributed by atoms with Crippen molar-refractivity contribution in [3.05, 3.63) is 23.9 Å². The highest BCUT2D eigenvalue weighted by Crippen LogP contribution is 2.27. The smallest absolute Gasteiger partial charge is 0.317 e. The number of nitrogens with zero attached hydrogens (tertiary/aromatic N) is 2. The number of hydrogen-bond donors (Lipinski definition) is 2. The van der Waals surface area contributed by atoms with Crippen LogP contribution >= 0.6 is 0 Å². The molecule has 1 heterocycles. The standard InChI is InChI=1S/C14H19N3O4/c1-21-12-8-10(4-6-15-12)9-16-14(20)17(11-2-3-11)7-5-13(18)19/h4,6,8,11H,2-3,5,7,9H2,1H3,(H,16,20)(H,18,19). The van der Waals surface area contributed by atoms with Crippen molar-refractivity contribution in [3.8, 4) is 5.88 Å². The van der Waals surface area contributed by atoms with Crippen molar-refractivity contribution >= 4 is 12.0 Å². The van der Waals surface area contributed by atoms with Crippen LogP contribution in [0.5, 0.6) is 5.88 Å². The van der Waals surface area contributed by atoms with E-state index in [2.05, 4.69) is 10.3 Å². The summed E-state index contributed by atoms with van der Waals surface area (Å²) in [6.45, 7) is 0.597. The van der Waals surface area contributed by atoms with Crippen LogP contribution in [-0.4, -0.2) is 46.7 Å². The Bertz CT molecular complexity index is 517. The van der Waals surface area contributed by atoms with Gasteiger partial charge < -0.3 is 20.1 Å². The zero-order valence-corrected chi connectivity index (χ0v) is 11.9. The summed E-state index contributed by atoms with van der Waals surface area (Å²) in [6, 6.07) is 3.49. The van der Waals surface area contributed by atoms with E-state index in [4.69, 9.17) is 9.84 Å². The van der Waals surface area contributed by atoms with Crippen molar-refractivity contribution < 1.29 is 19.4 Å². The lowest BCUT2D eigenvalue weighted by Gasteiger charge is -2.22. The second kappa shape index (κ2) is 6.92. The predicted molar refractivity (Wildman–Crippen MR) is 75.0 cm³/mol. The van der Waals surface area contributed by atoms with Crippen LogP contribution in [0.4, 0.5) is 4.79 Å². The predicted octanol–water partition coefficient (Wildman–Crippen LogP) is 1.24. The van der Waals surface area contributed by atoms with Crippen LogP contribution in [0, 0.1) is 0 Å². The van der Waals surface area contributed by atoms with Gasteiger partial charge in [0.05, 0.1) is 13.5 Å². The van der Waals surface area contributed by atoms with Crippen LogP contribution in [0.15, 0.2) is 18.3 Å². The lowest BCUT2D eigenvalue weighted by Crippen LogP contribution is -2.42. The number of pyridine rings is 1. The summed E-state index contributed by atoms with van der Waals surface area (Å²) < 4.78 is 5.02. The van der Waals surface area contributed by atoms with Crippen molar-refractivity contribution in [1.29, 1.82) is 0 Å². The van der Waals surface area contributed by atoms with Gasteiger partial charge in [-0.3, -0.25) is 4.79 Å². The van der Waals surface area contributed by atoms with E-state index in [1.165, 1.54) is 7.11 Å². The molecular formula is C14H19N3O4. The number of carbonyl (C=O) groups is 2. The minimum atomic E-state index is -0.896. The molecule has 2 amide bonds. The molecule has 2 N–H and O–H groups in total. The molecule has 0 atom stereocenters. The average Bonchev–Trinajstić information content (AvgIpc) is 3.30. The second-order valence-electron chi connectivity index (χ2n) is 4.93. The number of ether oxygens (including phenoxy) is 1. The molecule has 1 aromatic heterocycles. The van der Waals surface area contributed by atoms with Gasteiger partial charge in [-0.2, -0.15) is 0 Å². The van der Waals surface area contributed by atoms with E-state index in [-0.39, 0.29) is 25.0 Å². The first-order valence-corrected chi connectivity index (χ1v) is 6.85. The minimum absolute atomic E-state index is 0.0347. The Kier molecular flexibility index (Phi) is 4.97. The van der Waals surface area contributed by atoms with Gasteiger partial charge in [-0.15, -0.1) is 0 Å². The number of methoxy groups -OCH3 is 1. The van der Waals surface area contributed by atoms with Gasteiger partial charge in [0.1, 0.15) is 0 Å². The van der Waals surface area contributed by atoms with Crippen molar-refractivity contribution in [3.63, 3.8) is 0 Å². The second-order valence-corrected chi connectivity index (χ2v) is 4.93. The maximum absolute atomic E-state index is 12.1. The normalized spacial score (nSPS) is 13.6. The number of nitrogens with one attached hydrogen (secondary N) is 1. The Morgan fingerprint density at radius 3 is 2.90 bits per heavy atom. The van der Waals surface area contributed by atoms with Gasteiger partial charge in [-0.05, 0) is 24.5 Å². The summed E-state index contributed by atoms with van der Waals surface area (Å²) >= 11 is 0. The van der Waals surface area contributed by atoms with Crippen LogP contribution in [-0.2, 0) is 11.3 Å². The van der Waals surface area contributed by atoms with Gasteiger partial charge in [0.2, 0.25) is 5.88 Å². The van der Waals surface area contributed by atoms with Crippen LogP contribution in [0.2, 0.25) is 0 Å². The number of urea groups is 1. The van der Waals surface area contributed by atoms with Crippen molar-refractivity contribution in [2.24, 2.45) is 0 Å².